The average Bonchev–Trinajstić information content (AvgIpc) is 2.37. The zero-order valence-corrected chi connectivity index (χ0v) is 10.5. The molecule has 0 aliphatic heterocycles. The van der Waals surface area contributed by atoms with E-state index in [-0.39, 0.29) is 5.01 Å². The van der Waals surface area contributed by atoms with Crippen LogP contribution in [0.5, 0.6) is 0 Å². The van der Waals surface area contributed by atoms with Gasteiger partial charge in [-0.25, -0.2) is 10.1 Å². The monoisotopic (exact) mass is 313 g/mol. The molecule has 0 spiro atoms. The van der Waals surface area contributed by atoms with Gasteiger partial charge in [-0.05, 0) is 6.92 Å². The first kappa shape index (κ1) is 18.3. The Kier molecular flexibility index (Phi) is 5.39. The number of nitrogens with zero attached hydrogens (tertiary/aromatic N) is 5. The second kappa shape index (κ2) is 6.18. The summed E-state index contributed by atoms with van der Waals surface area (Å²) in [6.07, 6.45) is 0. The van der Waals surface area contributed by atoms with Crippen LogP contribution in [0.4, 0.5) is 0 Å². The number of hydrogen-bond acceptors (Lipinski definition) is 10. The minimum Gasteiger partial charge on any atom is -0.394 e. The Morgan fingerprint density at radius 3 is 1.43 bits per heavy atom. The molecule has 0 aromatic carbocycles. The van der Waals surface area contributed by atoms with E-state index in [1.54, 1.807) is 0 Å². The van der Waals surface area contributed by atoms with Gasteiger partial charge in [0.1, 0.15) is 5.54 Å². The normalized spacial score (nSPS) is 11.8. The summed E-state index contributed by atoms with van der Waals surface area (Å²) in [4.78, 5) is 37.3. The van der Waals surface area contributed by atoms with Crippen LogP contribution in [0.2, 0.25) is 0 Å². The lowest BCUT2D eigenvalue weighted by Crippen LogP contribution is -2.66. The second-order valence-electron chi connectivity index (χ2n) is 4.15. The Labute approximate surface area is 114 Å². The minimum atomic E-state index is -4.11. The molecule has 15 nitrogen and oxygen atoms in total. The Bertz CT molecular complexity index is 425. The fourth-order valence-electron chi connectivity index (χ4n) is 1.23. The summed E-state index contributed by atoms with van der Waals surface area (Å²) in [7, 11) is 0. The fraction of sp³-hybridized carbons (Fsp3) is 1.00. The van der Waals surface area contributed by atoms with Crippen molar-refractivity contribution >= 4 is 0 Å². The number of hydrogen-bond donors (Lipinski definition) is 2. The summed E-state index contributed by atoms with van der Waals surface area (Å²) < 4.78 is 0. The van der Waals surface area contributed by atoms with E-state index in [0.717, 1.165) is 6.92 Å². The quantitative estimate of drug-likeness (QED) is 0.262. The molecule has 0 radical (unpaired) electrons. The van der Waals surface area contributed by atoms with Crippen molar-refractivity contribution in [2.45, 2.75) is 18.2 Å². The molecule has 0 aliphatic carbocycles. The van der Waals surface area contributed by atoms with E-state index >= 15 is 0 Å². The summed E-state index contributed by atoms with van der Waals surface area (Å²) in [5.41, 5.74) is -2.18. The lowest BCUT2D eigenvalue weighted by atomic mass is 10.0. The standard InChI is InChI=1S/C6H11N5O10/c1-5(3-12,4-13)7(11(20)21)2-6(8(14)15,9(16)17)10(18)19/h12-13H,2-4H2,1H3. The molecule has 0 atom stereocenters. The Morgan fingerprint density at radius 1 is 0.905 bits per heavy atom. The second-order valence-corrected chi connectivity index (χ2v) is 4.15. The van der Waals surface area contributed by atoms with E-state index in [9.17, 15) is 40.5 Å². The van der Waals surface area contributed by atoms with Crippen LogP contribution in [0.25, 0.3) is 0 Å². The van der Waals surface area contributed by atoms with E-state index < -0.39 is 50.9 Å². The van der Waals surface area contributed by atoms with Crippen molar-refractivity contribution in [3.8, 4) is 0 Å². The minimum absolute atomic E-state index is 0.304. The zero-order valence-electron chi connectivity index (χ0n) is 10.5. The molecule has 2 N–H and O–H groups in total. The molecule has 0 aromatic rings. The molecule has 0 rings (SSSR count). The smallest absolute Gasteiger partial charge is 0.394 e. The maximum atomic E-state index is 10.9. The van der Waals surface area contributed by atoms with Crippen LogP contribution in [0, 0.1) is 40.5 Å². The topological polar surface area (TPSA) is 216 Å². The maximum Gasteiger partial charge on any atom is 0.723 e. The fourth-order valence-corrected chi connectivity index (χ4v) is 1.23. The van der Waals surface area contributed by atoms with Gasteiger partial charge in [-0.15, -0.1) is 0 Å². The molecule has 21 heavy (non-hydrogen) atoms. The first-order valence-corrected chi connectivity index (χ1v) is 5.06. The van der Waals surface area contributed by atoms with Crippen LogP contribution in [0.15, 0.2) is 0 Å². The lowest BCUT2D eigenvalue weighted by molar-refractivity contribution is -0.974. The van der Waals surface area contributed by atoms with Crippen molar-refractivity contribution in [2.75, 3.05) is 19.8 Å². The molecule has 0 saturated carbocycles. The number of nitro groups is 4. The van der Waals surface area contributed by atoms with Gasteiger partial charge in [-0.3, -0.25) is 30.3 Å². The summed E-state index contributed by atoms with van der Waals surface area (Å²) in [6.45, 7) is -3.31. The van der Waals surface area contributed by atoms with Gasteiger partial charge in [-0.1, -0.05) is 5.01 Å². The summed E-state index contributed by atoms with van der Waals surface area (Å²) in [6, 6.07) is 0. The van der Waals surface area contributed by atoms with Crippen molar-refractivity contribution < 1.29 is 30.0 Å². The predicted octanol–water partition coefficient (Wildman–Crippen LogP) is -2.29. The first-order valence-electron chi connectivity index (χ1n) is 5.06. The van der Waals surface area contributed by atoms with Crippen LogP contribution in [0.1, 0.15) is 6.92 Å². The highest BCUT2D eigenvalue weighted by atomic mass is 16.7. The van der Waals surface area contributed by atoms with Gasteiger partial charge in [0, 0.05) is 0 Å². The SMILES string of the molecule is CC(CO)(CO)N(CC([N+](=O)[O-])([N+](=O)[O-])[N+](=O)[O-])[N+](=O)[O-]. The molecule has 0 fully saturated rings. The van der Waals surface area contributed by atoms with Crippen molar-refractivity contribution in [3.05, 3.63) is 40.5 Å². The van der Waals surface area contributed by atoms with Crippen molar-refractivity contribution in [1.29, 1.82) is 0 Å². The summed E-state index contributed by atoms with van der Waals surface area (Å²) in [5.74, 6) is -4.11. The van der Waals surface area contributed by atoms with Crippen molar-refractivity contribution in [2.24, 2.45) is 0 Å². The van der Waals surface area contributed by atoms with Crippen molar-refractivity contribution in [1.82, 2.24) is 5.01 Å². The van der Waals surface area contributed by atoms with Crippen molar-refractivity contribution in [3.63, 3.8) is 0 Å². The van der Waals surface area contributed by atoms with Gasteiger partial charge in [0.2, 0.25) is 0 Å². The lowest BCUT2D eigenvalue weighted by Gasteiger charge is -2.30. The largest absolute Gasteiger partial charge is 0.723 e. The third kappa shape index (κ3) is 3.08. The van der Waals surface area contributed by atoms with Gasteiger partial charge >= 0.3 is 5.79 Å². The van der Waals surface area contributed by atoms with E-state index in [2.05, 4.69) is 0 Å². The molecule has 0 heterocycles. The average molecular weight is 313 g/mol. The molecule has 0 aromatic heterocycles. The van der Waals surface area contributed by atoms with Crippen LogP contribution in [0.3, 0.4) is 0 Å². The highest BCUT2D eigenvalue weighted by molar-refractivity contribution is 4.81. The molecular weight excluding hydrogens is 302 g/mol. The van der Waals surface area contributed by atoms with Gasteiger partial charge in [-0.2, -0.15) is 0 Å². The Balaban J connectivity index is 5.98. The molecule has 0 bridgehead atoms. The van der Waals surface area contributed by atoms with Crippen LogP contribution >= 0.6 is 0 Å². The molecule has 0 unspecified atom stereocenters. The van der Waals surface area contributed by atoms with Crippen LogP contribution in [-0.4, -0.2) is 66.1 Å². The van der Waals surface area contributed by atoms with Gasteiger partial charge in [0.15, 0.2) is 19.8 Å². The van der Waals surface area contributed by atoms with Crippen LogP contribution in [-0.2, 0) is 0 Å². The Morgan fingerprint density at radius 2 is 1.24 bits per heavy atom. The molecule has 0 amide bonds. The van der Waals surface area contributed by atoms with Crippen LogP contribution < -0.4 is 0 Å². The number of rotatable bonds is 9. The highest BCUT2D eigenvalue weighted by Gasteiger charge is 2.74. The number of aliphatic hydroxyl groups excluding tert-OH is 2. The summed E-state index contributed by atoms with van der Waals surface area (Å²) in [5, 5.41) is 59.3. The third-order valence-electron chi connectivity index (χ3n) is 2.74. The first-order chi connectivity index (χ1) is 9.49. The van der Waals surface area contributed by atoms with Gasteiger partial charge < -0.3 is 10.2 Å². The molecule has 0 saturated heterocycles. The maximum absolute atomic E-state index is 10.9. The van der Waals surface area contributed by atoms with Gasteiger partial charge in [0.05, 0.1) is 13.2 Å². The molecule has 15 heteroatoms. The van der Waals surface area contributed by atoms with E-state index in [4.69, 9.17) is 10.2 Å². The number of hydrazine groups is 1. The van der Waals surface area contributed by atoms with E-state index in [1.165, 1.54) is 0 Å². The third-order valence-corrected chi connectivity index (χ3v) is 2.74. The van der Waals surface area contributed by atoms with E-state index in [0.29, 0.717) is 0 Å². The van der Waals surface area contributed by atoms with E-state index in [1.807, 2.05) is 0 Å². The zero-order chi connectivity index (χ0) is 17.0. The molecule has 0 aliphatic rings. The predicted molar refractivity (Wildman–Crippen MR) is 60.0 cm³/mol. The molecular formula is C6H11N5O10. The summed E-state index contributed by atoms with van der Waals surface area (Å²) >= 11 is 0. The Hall–Kier alpha value is -2.68. The number of aliphatic hydroxyl groups is 2. The van der Waals surface area contributed by atoms with Gasteiger partial charge in [0.25, 0.3) is 6.54 Å². The highest BCUT2D eigenvalue weighted by Crippen LogP contribution is 2.21. The molecule has 120 valence electrons.